The summed E-state index contributed by atoms with van der Waals surface area (Å²) in [5, 5.41) is 0. The molecule has 0 aliphatic heterocycles. The second-order valence-corrected chi connectivity index (χ2v) is 4.62. The molecule has 1 nitrogen and oxygen atoms in total. The van der Waals surface area contributed by atoms with Gasteiger partial charge in [0.25, 0.3) is 0 Å². The van der Waals surface area contributed by atoms with Gasteiger partial charge in [0.2, 0.25) is 5.92 Å². The number of hydrogen-bond donors (Lipinski definition) is 0. The normalized spacial score (nSPS) is 19.8. The number of alkyl halides is 2. The Labute approximate surface area is 102 Å². The molecule has 1 aromatic rings. The lowest BCUT2D eigenvalue weighted by molar-refractivity contribution is -0.0424. The van der Waals surface area contributed by atoms with Crippen LogP contribution in [-0.2, 0) is 0 Å². The molecule has 5 heteroatoms. The van der Waals surface area contributed by atoms with Crippen LogP contribution < -0.4 is 0 Å². The average Bonchev–Trinajstić information content (AvgIpc) is 2.28. The Morgan fingerprint density at radius 1 is 1.17 bits per heavy atom. The van der Waals surface area contributed by atoms with Crippen LogP contribution >= 0.6 is 0 Å². The molecule has 1 saturated carbocycles. The molecule has 0 saturated heterocycles. The molecule has 0 aromatic heterocycles. The van der Waals surface area contributed by atoms with E-state index < -0.39 is 29.3 Å². The molecule has 98 valence electrons. The smallest absolute Gasteiger partial charge is 0.248 e. The van der Waals surface area contributed by atoms with Crippen LogP contribution in [0.3, 0.4) is 0 Å². The second kappa shape index (κ2) is 4.71. The molecule has 0 N–H and O–H groups in total. The van der Waals surface area contributed by atoms with Crippen LogP contribution in [0, 0.1) is 17.6 Å². The van der Waals surface area contributed by atoms with Crippen molar-refractivity contribution in [1.82, 2.24) is 0 Å². The van der Waals surface area contributed by atoms with E-state index >= 15 is 0 Å². The van der Waals surface area contributed by atoms with Gasteiger partial charge in [-0.2, -0.15) is 0 Å². The van der Waals surface area contributed by atoms with Crippen LogP contribution in [0.5, 0.6) is 0 Å². The van der Waals surface area contributed by atoms with Gasteiger partial charge in [-0.1, -0.05) is 0 Å². The molecule has 18 heavy (non-hydrogen) atoms. The number of ketones is 1. The fourth-order valence-corrected chi connectivity index (χ4v) is 2.21. The van der Waals surface area contributed by atoms with Gasteiger partial charge in [0.1, 0.15) is 11.6 Å². The molecule has 1 fully saturated rings. The fraction of sp³-hybridized carbons (Fsp3) is 0.462. The number of Topliss-reactive ketones (excluding diaryl/α,β-unsaturated/α-hetero) is 1. The number of carbonyl (C=O) groups excluding carboxylic acids is 1. The van der Waals surface area contributed by atoms with Crippen molar-refractivity contribution in [3.8, 4) is 0 Å². The third-order valence-electron chi connectivity index (χ3n) is 3.28. The predicted molar refractivity (Wildman–Crippen MR) is 57.6 cm³/mol. The number of halogens is 4. The minimum atomic E-state index is -2.72. The quantitative estimate of drug-likeness (QED) is 0.580. The van der Waals surface area contributed by atoms with E-state index in [1.807, 2.05) is 0 Å². The van der Waals surface area contributed by atoms with Crippen molar-refractivity contribution in [1.29, 1.82) is 0 Å². The summed E-state index contributed by atoms with van der Waals surface area (Å²) in [6, 6.07) is 2.69. The lowest BCUT2D eigenvalue weighted by Crippen LogP contribution is -2.29. The van der Waals surface area contributed by atoms with E-state index in [1.54, 1.807) is 0 Å². The summed E-state index contributed by atoms with van der Waals surface area (Å²) in [4.78, 5) is 11.9. The molecule has 0 atom stereocenters. The highest BCUT2D eigenvalue weighted by molar-refractivity contribution is 5.98. The molecule has 0 amide bonds. The van der Waals surface area contributed by atoms with Gasteiger partial charge in [-0.05, 0) is 25.0 Å². The van der Waals surface area contributed by atoms with Crippen LogP contribution in [0.15, 0.2) is 18.2 Å². The summed E-state index contributed by atoms with van der Waals surface area (Å²) in [5.41, 5.74) is -0.216. The van der Waals surface area contributed by atoms with Crippen molar-refractivity contribution in [3.63, 3.8) is 0 Å². The zero-order valence-corrected chi connectivity index (χ0v) is 9.56. The van der Waals surface area contributed by atoms with Gasteiger partial charge in [-0.15, -0.1) is 0 Å². The SMILES string of the molecule is O=C(c1ccc(F)cc1F)C1CCC(F)(F)CC1. The minimum Gasteiger partial charge on any atom is -0.294 e. The summed E-state index contributed by atoms with van der Waals surface area (Å²) in [5.74, 6) is -5.53. The maximum absolute atomic E-state index is 13.4. The van der Waals surface area contributed by atoms with Crippen LogP contribution in [0.1, 0.15) is 36.0 Å². The van der Waals surface area contributed by atoms with Crippen molar-refractivity contribution >= 4 is 5.78 Å². The van der Waals surface area contributed by atoms with E-state index in [0.717, 1.165) is 12.1 Å². The summed E-state index contributed by atoms with van der Waals surface area (Å²) >= 11 is 0. The molecule has 1 aliphatic rings. The Hall–Kier alpha value is -1.39. The first kappa shape index (κ1) is 13.1. The molecule has 2 rings (SSSR count). The number of benzene rings is 1. The number of rotatable bonds is 2. The molecule has 0 heterocycles. The molecule has 0 unspecified atom stereocenters. The second-order valence-electron chi connectivity index (χ2n) is 4.62. The van der Waals surface area contributed by atoms with Crippen LogP contribution in [0.2, 0.25) is 0 Å². The number of carbonyl (C=O) groups is 1. The van der Waals surface area contributed by atoms with Crippen LogP contribution in [-0.4, -0.2) is 11.7 Å². The first-order valence-electron chi connectivity index (χ1n) is 5.76. The highest BCUT2D eigenvalue weighted by Crippen LogP contribution is 2.37. The first-order valence-corrected chi connectivity index (χ1v) is 5.76. The van der Waals surface area contributed by atoms with Gasteiger partial charge < -0.3 is 0 Å². The molecular weight excluding hydrogens is 248 g/mol. The molecule has 0 bridgehead atoms. The minimum absolute atomic E-state index is 0.0443. The van der Waals surface area contributed by atoms with Gasteiger partial charge >= 0.3 is 0 Å². The average molecular weight is 260 g/mol. The summed E-state index contributed by atoms with van der Waals surface area (Å²) in [6.07, 6.45) is -0.621. The lowest BCUT2D eigenvalue weighted by atomic mass is 9.82. The molecule has 0 spiro atoms. The van der Waals surface area contributed by atoms with Gasteiger partial charge in [-0.3, -0.25) is 4.79 Å². The van der Waals surface area contributed by atoms with Gasteiger partial charge in [0, 0.05) is 24.8 Å². The van der Waals surface area contributed by atoms with E-state index in [4.69, 9.17) is 0 Å². The maximum atomic E-state index is 13.4. The Morgan fingerprint density at radius 2 is 1.78 bits per heavy atom. The summed E-state index contributed by atoms with van der Waals surface area (Å²) < 4.78 is 52.0. The van der Waals surface area contributed by atoms with E-state index in [-0.39, 0.29) is 31.2 Å². The standard InChI is InChI=1S/C13H12F4O/c14-9-1-2-10(11(15)7-9)12(18)8-3-5-13(16,17)6-4-8/h1-2,7-8H,3-6H2. The van der Waals surface area contributed by atoms with E-state index in [9.17, 15) is 22.4 Å². The third kappa shape index (κ3) is 2.71. The molecular formula is C13H12F4O. The third-order valence-corrected chi connectivity index (χ3v) is 3.28. The zero-order valence-electron chi connectivity index (χ0n) is 9.56. The molecule has 0 radical (unpaired) electrons. The van der Waals surface area contributed by atoms with Crippen molar-refractivity contribution in [2.24, 2.45) is 5.92 Å². The maximum Gasteiger partial charge on any atom is 0.248 e. The van der Waals surface area contributed by atoms with Crippen molar-refractivity contribution in [2.45, 2.75) is 31.6 Å². The Bertz CT molecular complexity index is 460. The Morgan fingerprint density at radius 3 is 2.33 bits per heavy atom. The number of hydrogen-bond acceptors (Lipinski definition) is 1. The van der Waals surface area contributed by atoms with Gasteiger partial charge in [0.15, 0.2) is 5.78 Å². The van der Waals surface area contributed by atoms with Gasteiger partial charge in [-0.25, -0.2) is 17.6 Å². The summed E-state index contributed by atoms with van der Waals surface area (Å²) in [6.45, 7) is 0. The first-order chi connectivity index (χ1) is 8.39. The summed E-state index contributed by atoms with van der Waals surface area (Å²) in [7, 11) is 0. The van der Waals surface area contributed by atoms with E-state index in [1.165, 1.54) is 0 Å². The van der Waals surface area contributed by atoms with E-state index in [0.29, 0.717) is 6.07 Å². The highest BCUT2D eigenvalue weighted by atomic mass is 19.3. The van der Waals surface area contributed by atoms with Crippen LogP contribution in [0.4, 0.5) is 17.6 Å². The van der Waals surface area contributed by atoms with Crippen LogP contribution in [0.25, 0.3) is 0 Å². The highest BCUT2D eigenvalue weighted by Gasteiger charge is 2.37. The Balaban J connectivity index is 2.13. The molecule has 1 aromatic carbocycles. The topological polar surface area (TPSA) is 17.1 Å². The monoisotopic (exact) mass is 260 g/mol. The Kier molecular flexibility index (Phi) is 3.41. The predicted octanol–water partition coefficient (Wildman–Crippen LogP) is 3.97. The van der Waals surface area contributed by atoms with Crippen molar-refractivity contribution < 1.29 is 22.4 Å². The molecule has 1 aliphatic carbocycles. The lowest BCUT2D eigenvalue weighted by Gasteiger charge is -2.27. The zero-order chi connectivity index (χ0) is 13.3. The van der Waals surface area contributed by atoms with Crippen molar-refractivity contribution in [3.05, 3.63) is 35.4 Å². The van der Waals surface area contributed by atoms with Crippen molar-refractivity contribution in [2.75, 3.05) is 0 Å². The van der Waals surface area contributed by atoms with E-state index in [2.05, 4.69) is 0 Å². The van der Waals surface area contributed by atoms with Gasteiger partial charge in [0.05, 0.1) is 5.56 Å². The fourth-order valence-electron chi connectivity index (χ4n) is 2.21. The largest absolute Gasteiger partial charge is 0.294 e.